The predicted molar refractivity (Wildman–Crippen MR) is 87.9 cm³/mol. The molecule has 1 saturated carbocycles. The molecule has 0 aromatic carbocycles. The molecule has 2 fully saturated rings. The van der Waals surface area contributed by atoms with E-state index in [0.717, 1.165) is 25.7 Å². The molecule has 0 amide bonds. The van der Waals surface area contributed by atoms with Crippen LogP contribution in [0, 0.1) is 5.92 Å². The van der Waals surface area contributed by atoms with Crippen molar-refractivity contribution in [2.24, 2.45) is 5.92 Å². The second-order valence-corrected chi connectivity index (χ2v) is 12.5. The van der Waals surface area contributed by atoms with E-state index in [9.17, 15) is 4.79 Å². The van der Waals surface area contributed by atoms with E-state index in [0.29, 0.717) is 24.2 Å². The molecule has 0 radical (unpaired) electrons. The van der Waals surface area contributed by atoms with Gasteiger partial charge in [0.25, 0.3) is 0 Å². The highest BCUT2D eigenvalue weighted by Crippen LogP contribution is 2.37. The fourth-order valence-corrected chi connectivity index (χ4v) is 5.24. The molecule has 0 N–H and O–H groups in total. The Morgan fingerprint density at radius 1 is 1.38 bits per heavy atom. The SMILES string of the molecule is CC(C)(/C=C/CC1CC2CC(=O)CCC2O1)O[Si](C)(C)C. The molecule has 2 aliphatic rings. The molecule has 1 heterocycles. The molecular formula is C17H30O3Si. The first kappa shape index (κ1) is 16.9. The Kier molecular flexibility index (Phi) is 5.11. The first-order valence-corrected chi connectivity index (χ1v) is 11.6. The minimum absolute atomic E-state index is 0.203. The first-order valence-electron chi connectivity index (χ1n) is 8.20. The zero-order valence-electron chi connectivity index (χ0n) is 14.1. The normalized spacial score (nSPS) is 30.9. The van der Waals surface area contributed by atoms with E-state index in [1.165, 1.54) is 0 Å². The maximum atomic E-state index is 11.5. The number of rotatable bonds is 5. The molecule has 3 atom stereocenters. The van der Waals surface area contributed by atoms with Gasteiger partial charge in [0.1, 0.15) is 5.78 Å². The van der Waals surface area contributed by atoms with Gasteiger partial charge in [0.2, 0.25) is 0 Å². The van der Waals surface area contributed by atoms with E-state index in [-0.39, 0.29) is 11.7 Å². The third kappa shape index (κ3) is 5.35. The Morgan fingerprint density at radius 2 is 2.10 bits per heavy atom. The van der Waals surface area contributed by atoms with Crippen LogP contribution in [0.3, 0.4) is 0 Å². The van der Waals surface area contributed by atoms with Gasteiger partial charge in [0.15, 0.2) is 8.32 Å². The molecule has 1 aliphatic carbocycles. The zero-order valence-corrected chi connectivity index (χ0v) is 15.1. The van der Waals surface area contributed by atoms with Crippen molar-refractivity contribution in [1.29, 1.82) is 0 Å². The topological polar surface area (TPSA) is 35.5 Å². The second kappa shape index (κ2) is 6.35. The van der Waals surface area contributed by atoms with Crippen LogP contribution in [0.4, 0.5) is 0 Å². The van der Waals surface area contributed by atoms with E-state index in [2.05, 4.69) is 45.6 Å². The number of carbonyl (C=O) groups is 1. The van der Waals surface area contributed by atoms with E-state index >= 15 is 0 Å². The van der Waals surface area contributed by atoms with Gasteiger partial charge >= 0.3 is 0 Å². The lowest BCUT2D eigenvalue weighted by molar-refractivity contribution is -0.123. The second-order valence-electron chi connectivity index (χ2n) is 8.03. The Bertz CT molecular complexity index is 409. The maximum absolute atomic E-state index is 11.5. The van der Waals surface area contributed by atoms with Crippen molar-refractivity contribution in [2.45, 2.75) is 83.4 Å². The van der Waals surface area contributed by atoms with Crippen molar-refractivity contribution in [3.05, 3.63) is 12.2 Å². The molecule has 0 aromatic heterocycles. The van der Waals surface area contributed by atoms with Gasteiger partial charge in [-0.1, -0.05) is 12.2 Å². The number of hydrogen-bond acceptors (Lipinski definition) is 3. The summed E-state index contributed by atoms with van der Waals surface area (Å²) in [5.41, 5.74) is -0.203. The minimum Gasteiger partial charge on any atom is -0.409 e. The first-order chi connectivity index (χ1) is 9.65. The van der Waals surface area contributed by atoms with Gasteiger partial charge in [-0.05, 0) is 58.7 Å². The summed E-state index contributed by atoms with van der Waals surface area (Å²) in [6, 6.07) is 0. The van der Waals surface area contributed by atoms with Crippen LogP contribution in [-0.4, -0.2) is 31.9 Å². The Morgan fingerprint density at radius 3 is 2.76 bits per heavy atom. The summed E-state index contributed by atoms with van der Waals surface area (Å²) in [4.78, 5) is 11.5. The highest BCUT2D eigenvalue weighted by Gasteiger charge is 2.38. The molecule has 0 spiro atoms. The van der Waals surface area contributed by atoms with Crippen molar-refractivity contribution in [1.82, 2.24) is 0 Å². The van der Waals surface area contributed by atoms with Crippen LogP contribution in [0.1, 0.15) is 46.0 Å². The summed E-state index contributed by atoms with van der Waals surface area (Å²) < 4.78 is 12.3. The van der Waals surface area contributed by atoms with Crippen molar-refractivity contribution in [2.75, 3.05) is 0 Å². The maximum Gasteiger partial charge on any atom is 0.184 e. The van der Waals surface area contributed by atoms with E-state index in [1.54, 1.807) is 0 Å². The van der Waals surface area contributed by atoms with Gasteiger partial charge in [-0.3, -0.25) is 4.79 Å². The molecule has 120 valence electrons. The third-order valence-corrected chi connectivity index (χ3v) is 5.28. The van der Waals surface area contributed by atoms with E-state index < -0.39 is 8.32 Å². The van der Waals surface area contributed by atoms with Gasteiger partial charge in [0.05, 0.1) is 17.8 Å². The van der Waals surface area contributed by atoms with E-state index in [4.69, 9.17) is 9.16 Å². The molecule has 2 rings (SSSR count). The van der Waals surface area contributed by atoms with Crippen LogP contribution in [0.25, 0.3) is 0 Å². The molecule has 1 saturated heterocycles. The van der Waals surface area contributed by atoms with Crippen LogP contribution in [-0.2, 0) is 14.0 Å². The lowest BCUT2D eigenvalue weighted by Gasteiger charge is -2.30. The van der Waals surface area contributed by atoms with Crippen LogP contribution in [0.15, 0.2) is 12.2 Å². The number of hydrogen-bond donors (Lipinski definition) is 0. The molecule has 4 heteroatoms. The standard InChI is InChI=1S/C17H30O3Si/c1-17(2,20-21(3,4)5)10-6-7-15-12-13-11-14(18)8-9-16(13)19-15/h6,10,13,15-16H,7-9,11-12H2,1-5H3/b10-6+. The average molecular weight is 311 g/mol. The van der Waals surface area contributed by atoms with Crippen molar-refractivity contribution in [3.8, 4) is 0 Å². The predicted octanol–water partition coefficient (Wildman–Crippen LogP) is 4.09. The average Bonchev–Trinajstić information content (AvgIpc) is 2.66. The highest BCUT2D eigenvalue weighted by atomic mass is 28.4. The summed E-state index contributed by atoms with van der Waals surface area (Å²) in [5.74, 6) is 0.886. The molecule has 3 nitrogen and oxygen atoms in total. The molecular weight excluding hydrogens is 280 g/mol. The molecule has 0 bridgehead atoms. The summed E-state index contributed by atoms with van der Waals surface area (Å²) in [5, 5.41) is 0. The van der Waals surface area contributed by atoms with Crippen LogP contribution < -0.4 is 0 Å². The zero-order chi connectivity index (χ0) is 15.7. The van der Waals surface area contributed by atoms with Crippen molar-refractivity contribution in [3.63, 3.8) is 0 Å². The van der Waals surface area contributed by atoms with E-state index in [1.807, 2.05) is 0 Å². The minimum atomic E-state index is -1.53. The Labute approximate surface area is 130 Å². The Balaban J connectivity index is 1.81. The van der Waals surface area contributed by atoms with Crippen molar-refractivity contribution >= 4 is 14.1 Å². The number of ketones is 1. The highest BCUT2D eigenvalue weighted by molar-refractivity contribution is 6.69. The monoisotopic (exact) mass is 310 g/mol. The van der Waals surface area contributed by atoms with Crippen LogP contribution >= 0.6 is 0 Å². The molecule has 1 aliphatic heterocycles. The van der Waals surface area contributed by atoms with Gasteiger partial charge in [0, 0.05) is 12.8 Å². The fourth-order valence-electron chi connectivity index (χ4n) is 3.60. The Hall–Kier alpha value is -0.453. The smallest absolute Gasteiger partial charge is 0.184 e. The van der Waals surface area contributed by atoms with Gasteiger partial charge in [-0.25, -0.2) is 0 Å². The van der Waals surface area contributed by atoms with Gasteiger partial charge in [-0.2, -0.15) is 0 Å². The lowest BCUT2D eigenvalue weighted by atomic mass is 9.84. The summed E-state index contributed by atoms with van der Waals surface area (Å²) >= 11 is 0. The number of Topliss-reactive ketones (excluding diaryl/α,β-unsaturated/α-hetero) is 1. The number of fused-ring (bicyclic) bond motifs is 1. The van der Waals surface area contributed by atoms with Gasteiger partial charge in [-0.15, -0.1) is 0 Å². The quantitative estimate of drug-likeness (QED) is 0.567. The number of ether oxygens (including phenoxy) is 1. The van der Waals surface area contributed by atoms with Crippen molar-refractivity contribution < 1.29 is 14.0 Å². The van der Waals surface area contributed by atoms with Crippen LogP contribution in [0.5, 0.6) is 0 Å². The summed E-state index contributed by atoms with van der Waals surface area (Å²) in [7, 11) is -1.53. The fraction of sp³-hybridized carbons (Fsp3) is 0.824. The molecule has 3 unspecified atom stereocenters. The number of carbonyl (C=O) groups excluding carboxylic acids is 1. The summed E-state index contributed by atoms with van der Waals surface area (Å²) in [6.45, 7) is 10.9. The molecule has 21 heavy (non-hydrogen) atoms. The van der Waals surface area contributed by atoms with Gasteiger partial charge < -0.3 is 9.16 Å². The lowest BCUT2D eigenvalue weighted by Crippen LogP contribution is -2.36. The van der Waals surface area contributed by atoms with Crippen LogP contribution in [0.2, 0.25) is 19.6 Å². The largest absolute Gasteiger partial charge is 0.409 e. The third-order valence-electron chi connectivity index (χ3n) is 4.14. The summed E-state index contributed by atoms with van der Waals surface area (Å²) in [6.07, 6.45) is 9.31. The molecule has 0 aromatic rings.